The van der Waals surface area contributed by atoms with Gasteiger partial charge in [0.25, 0.3) is 0 Å². The molecule has 156 valence electrons. The van der Waals surface area contributed by atoms with Crippen LogP contribution in [0.5, 0.6) is 0 Å². The van der Waals surface area contributed by atoms with Crippen molar-refractivity contribution in [2.45, 2.75) is 36.6 Å². The number of aliphatic hydroxyl groups is 8. The minimum absolute atomic E-state index is 0.0835. The maximum atomic E-state index is 10.4. The molecule has 0 aliphatic carbocycles. The number of carbonyl (C=O) groups is 2. The van der Waals surface area contributed by atoms with Crippen LogP contribution in [-0.2, 0) is 18.7 Å². The Morgan fingerprint density at radius 2 is 1.46 bits per heavy atom. The standard InChI is InChI=1S/C6H13O9P.C5H10O5/c7-1-3(9)5(10)6(11)4(2-8)15-16(12,13)14;6-1-3(8)5(10)4(9)2-7/h1,3-6,8-11H,2H2,(H2,12,13,14);3,5-8,10H,1-2H2. The molecule has 0 spiro atoms. The number of aliphatic hydroxyl groups excluding tert-OH is 8. The lowest BCUT2D eigenvalue weighted by Gasteiger charge is -2.26. The molecule has 0 fully saturated rings. The van der Waals surface area contributed by atoms with E-state index in [2.05, 4.69) is 4.52 Å². The summed E-state index contributed by atoms with van der Waals surface area (Å²) in [6.45, 7) is -2.56. The number of Topliss-reactive ketones (excluding diaryl/α,β-unsaturated/α-hetero) is 1. The maximum absolute atomic E-state index is 10.4. The molecule has 10 N–H and O–H groups in total. The van der Waals surface area contributed by atoms with E-state index in [-0.39, 0.29) is 6.29 Å². The Hall–Kier alpha value is -0.870. The number of hydrogen-bond acceptors (Lipinski definition) is 12. The summed E-state index contributed by atoms with van der Waals surface area (Å²) in [6.07, 6.45) is -11.1. The highest BCUT2D eigenvalue weighted by Crippen LogP contribution is 2.38. The van der Waals surface area contributed by atoms with Crippen molar-refractivity contribution in [1.82, 2.24) is 0 Å². The van der Waals surface area contributed by atoms with Crippen molar-refractivity contribution in [3.8, 4) is 0 Å². The zero-order valence-corrected chi connectivity index (χ0v) is 14.1. The molecule has 6 atom stereocenters. The molecule has 0 heterocycles. The van der Waals surface area contributed by atoms with Crippen molar-refractivity contribution >= 4 is 19.9 Å². The molecule has 0 rings (SSSR count). The Balaban J connectivity index is 0. The van der Waals surface area contributed by atoms with Crippen LogP contribution in [-0.4, -0.2) is 119 Å². The Morgan fingerprint density at radius 1 is 0.962 bits per heavy atom. The highest BCUT2D eigenvalue weighted by Gasteiger charge is 2.35. The Labute approximate surface area is 146 Å². The molecule has 15 heteroatoms. The lowest BCUT2D eigenvalue weighted by atomic mass is 10.0. The van der Waals surface area contributed by atoms with E-state index in [1.165, 1.54) is 0 Å². The zero-order valence-electron chi connectivity index (χ0n) is 13.2. The Kier molecular flexibility index (Phi) is 14.0. The normalized spacial score (nSPS) is 18.5. The van der Waals surface area contributed by atoms with Gasteiger partial charge in [-0.1, -0.05) is 0 Å². The number of ketones is 1. The molecule has 0 aliphatic heterocycles. The molecule has 0 saturated carbocycles. The molecule has 0 aromatic carbocycles. The summed E-state index contributed by atoms with van der Waals surface area (Å²) in [4.78, 5) is 37.2. The van der Waals surface area contributed by atoms with Crippen LogP contribution in [0.15, 0.2) is 0 Å². The molecule has 0 saturated heterocycles. The average molecular weight is 410 g/mol. The van der Waals surface area contributed by atoms with E-state index < -0.39 is 70.1 Å². The Morgan fingerprint density at radius 3 is 1.77 bits per heavy atom. The molecule has 0 radical (unpaired) electrons. The number of aldehydes is 1. The van der Waals surface area contributed by atoms with E-state index >= 15 is 0 Å². The first-order valence-electron chi connectivity index (χ1n) is 6.81. The zero-order chi connectivity index (χ0) is 21.1. The van der Waals surface area contributed by atoms with Crippen LogP contribution in [0.3, 0.4) is 0 Å². The van der Waals surface area contributed by atoms with Gasteiger partial charge in [-0.05, 0) is 0 Å². The second kappa shape index (κ2) is 13.3. The van der Waals surface area contributed by atoms with E-state index in [1.807, 2.05) is 0 Å². The predicted molar refractivity (Wildman–Crippen MR) is 79.3 cm³/mol. The third kappa shape index (κ3) is 11.0. The fourth-order valence-electron chi connectivity index (χ4n) is 1.29. The summed E-state index contributed by atoms with van der Waals surface area (Å²) in [5.74, 6) is -0.901. The molecule has 14 nitrogen and oxygen atoms in total. The van der Waals surface area contributed by atoms with Crippen molar-refractivity contribution in [3.05, 3.63) is 0 Å². The quantitative estimate of drug-likeness (QED) is 0.112. The largest absolute Gasteiger partial charge is 0.470 e. The first kappa shape index (κ1) is 27.3. The van der Waals surface area contributed by atoms with Crippen LogP contribution in [0.4, 0.5) is 0 Å². The van der Waals surface area contributed by atoms with Gasteiger partial charge >= 0.3 is 7.82 Å². The first-order chi connectivity index (χ1) is 11.9. The van der Waals surface area contributed by atoms with Crippen molar-refractivity contribution < 1.29 is 69.3 Å². The fraction of sp³-hybridized carbons (Fsp3) is 0.818. The maximum Gasteiger partial charge on any atom is 0.470 e. The van der Waals surface area contributed by atoms with E-state index in [0.29, 0.717) is 0 Å². The molecule has 0 amide bonds. The molecule has 0 aromatic heterocycles. The molecule has 0 aromatic rings. The van der Waals surface area contributed by atoms with Crippen molar-refractivity contribution in [3.63, 3.8) is 0 Å². The van der Waals surface area contributed by atoms with Crippen molar-refractivity contribution in [1.29, 1.82) is 0 Å². The Bertz CT molecular complexity index is 452. The molecule has 26 heavy (non-hydrogen) atoms. The molecule has 0 aliphatic rings. The third-order valence-electron chi connectivity index (χ3n) is 2.71. The van der Waals surface area contributed by atoms with Crippen LogP contribution in [0.1, 0.15) is 0 Å². The monoisotopic (exact) mass is 410 g/mol. The molecular weight excluding hydrogens is 387 g/mol. The smallest absolute Gasteiger partial charge is 0.394 e. The van der Waals surface area contributed by atoms with Gasteiger partial charge in [-0.25, -0.2) is 4.57 Å². The second-order valence-corrected chi connectivity index (χ2v) is 5.94. The number of phosphoric acid groups is 1. The lowest BCUT2D eigenvalue weighted by molar-refractivity contribution is -0.137. The van der Waals surface area contributed by atoms with Gasteiger partial charge in [-0.15, -0.1) is 0 Å². The number of rotatable bonds is 11. The van der Waals surface area contributed by atoms with E-state index in [4.69, 9.17) is 45.5 Å². The van der Waals surface area contributed by atoms with Crippen molar-refractivity contribution in [2.24, 2.45) is 0 Å². The highest BCUT2D eigenvalue weighted by atomic mass is 31.2. The first-order valence-corrected chi connectivity index (χ1v) is 8.34. The summed E-state index contributed by atoms with van der Waals surface area (Å²) in [5, 5.41) is 69.5. The van der Waals surface area contributed by atoms with Gasteiger partial charge in [-0.2, -0.15) is 0 Å². The predicted octanol–water partition coefficient (Wildman–Crippen LogP) is -6.00. The number of hydrogen-bond donors (Lipinski definition) is 10. The van der Waals surface area contributed by atoms with Crippen LogP contribution < -0.4 is 0 Å². The highest BCUT2D eigenvalue weighted by molar-refractivity contribution is 7.46. The summed E-state index contributed by atoms with van der Waals surface area (Å²) >= 11 is 0. The summed E-state index contributed by atoms with van der Waals surface area (Å²) in [7, 11) is -4.97. The topological polar surface area (TPSA) is 263 Å². The summed E-state index contributed by atoms with van der Waals surface area (Å²) in [6, 6.07) is 0. The molecule has 6 unspecified atom stereocenters. The molecule has 0 bridgehead atoms. The summed E-state index contributed by atoms with van der Waals surface area (Å²) < 4.78 is 14.3. The number of phosphoric ester groups is 1. The van der Waals surface area contributed by atoms with Crippen LogP contribution in [0.2, 0.25) is 0 Å². The second-order valence-electron chi connectivity index (χ2n) is 4.74. The molecular formula is C11H23O14P. The van der Waals surface area contributed by atoms with Crippen molar-refractivity contribution in [2.75, 3.05) is 19.8 Å². The summed E-state index contributed by atoms with van der Waals surface area (Å²) in [5.41, 5.74) is 0. The van der Waals surface area contributed by atoms with Gasteiger partial charge < -0.3 is 55.4 Å². The van der Waals surface area contributed by atoms with E-state index in [0.717, 1.165) is 0 Å². The van der Waals surface area contributed by atoms with Gasteiger partial charge in [0, 0.05) is 0 Å². The minimum Gasteiger partial charge on any atom is -0.394 e. The van der Waals surface area contributed by atoms with Gasteiger partial charge in [0.2, 0.25) is 0 Å². The average Bonchev–Trinajstić information content (AvgIpc) is 2.61. The van der Waals surface area contributed by atoms with Gasteiger partial charge in [0.1, 0.15) is 43.2 Å². The van der Waals surface area contributed by atoms with E-state index in [1.54, 1.807) is 0 Å². The lowest BCUT2D eigenvalue weighted by Crippen LogP contribution is -2.47. The van der Waals surface area contributed by atoms with Crippen LogP contribution >= 0.6 is 7.82 Å². The van der Waals surface area contributed by atoms with Gasteiger partial charge in [-0.3, -0.25) is 9.32 Å². The van der Waals surface area contributed by atoms with Crippen LogP contribution in [0.25, 0.3) is 0 Å². The SMILES string of the molecule is O=C(CO)C(O)C(O)CO.O=CC(O)C(O)C(O)C(CO)OP(=O)(O)O. The fourth-order valence-corrected chi connectivity index (χ4v) is 1.83. The number of carbonyl (C=O) groups excluding carboxylic acids is 2. The minimum atomic E-state index is -4.97. The van der Waals surface area contributed by atoms with Crippen LogP contribution in [0, 0.1) is 0 Å². The third-order valence-corrected chi connectivity index (χ3v) is 3.26. The van der Waals surface area contributed by atoms with Gasteiger partial charge in [0.05, 0.1) is 13.2 Å². The van der Waals surface area contributed by atoms with Gasteiger partial charge in [0.15, 0.2) is 12.1 Å². The van der Waals surface area contributed by atoms with E-state index in [9.17, 15) is 19.3 Å².